The molecule has 0 unspecified atom stereocenters. The van der Waals surface area contributed by atoms with Gasteiger partial charge in [0.25, 0.3) is 0 Å². The summed E-state index contributed by atoms with van der Waals surface area (Å²) < 4.78 is 30.7. The number of unbranched alkanes of at least 4 members (excludes halogenated alkanes) is 2. The Hall–Kier alpha value is -1.65. The van der Waals surface area contributed by atoms with Gasteiger partial charge < -0.3 is 38.6 Å². The van der Waals surface area contributed by atoms with Crippen LogP contribution in [0.5, 0.6) is 0 Å². The largest absolute Gasteiger partial charge is 0.499 e. The number of ether oxygens (including phenoxy) is 6. The molecule has 0 fully saturated rings. The lowest BCUT2D eigenvalue weighted by Crippen LogP contribution is -2.12. The standard InChI is InChI=1S/C15H28O6.C10H20O3/c1-2-3-8-18-9-4-5-10-19-13-14-20-11-6-15(17)21-12-7-16;1-2-3-7-12-8-4-5-9-13-10-6-11/h5,10,16H,2-4,6-9,11-14H2,1H3;5,9,11H,2-4,6-8,10H2,1H3/b10-5+;9-5+. The van der Waals surface area contributed by atoms with Gasteiger partial charge in [-0.1, -0.05) is 26.7 Å². The molecule has 0 saturated carbocycles. The van der Waals surface area contributed by atoms with Crippen LogP contribution in [-0.2, 0) is 33.2 Å². The van der Waals surface area contributed by atoms with E-state index in [9.17, 15) is 4.79 Å². The van der Waals surface area contributed by atoms with Crippen molar-refractivity contribution in [2.75, 3.05) is 72.7 Å². The quantitative estimate of drug-likeness (QED) is 0.119. The van der Waals surface area contributed by atoms with Crippen molar-refractivity contribution >= 4 is 5.97 Å². The van der Waals surface area contributed by atoms with Gasteiger partial charge in [0.2, 0.25) is 0 Å². The van der Waals surface area contributed by atoms with Gasteiger partial charge in [-0.2, -0.15) is 0 Å². The summed E-state index contributed by atoms with van der Waals surface area (Å²) in [5, 5.41) is 16.8. The first-order valence-electron chi connectivity index (χ1n) is 12.4. The monoisotopic (exact) mass is 492 g/mol. The van der Waals surface area contributed by atoms with Gasteiger partial charge in [0.05, 0.1) is 58.6 Å². The zero-order chi connectivity index (χ0) is 25.4. The van der Waals surface area contributed by atoms with Gasteiger partial charge in [-0.25, -0.2) is 0 Å². The fourth-order valence-electron chi connectivity index (χ4n) is 2.06. The molecule has 9 heteroatoms. The van der Waals surface area contributed by atoms with Crippen molar-refractivity contribution in [3.8, 4) is 0 Å². The first kappa shape index (κ1) is 34.5. The van der Waals surface area contributed by atoms with Crippen molar-refractivity contribution in [2.24, 2.45) is 0 Å². The summed E-state index contributed by atoms with van der Waals surface area (Å²) >= 11 is 0. The lowest BCUT2D eigenvalue weighted by atomic mass is 10.4. The molecule has 9 nitrogen and oxygen atoms in total. The summed E-state index contributed by atoms with van der Waals surface area (Å²) in [6, 6.07) is 0. The zero-order valence-electron chi connectivity index (χ0n) is 21.3. The Bertz CT molecular complexity index is 442. The molecule has 34 heavy (non-hydrogen) atoms. The molecule has 0 rings (SSSR count). The van der Waals surface area contributed by atoms with Gasteiger partial charge in [-0.3, -0.25) is 4.79 Å². The highest BCUT2D eigenvalue weighted by Gasteiger charge is 2.01. The SMILES string of the molecule is CCCCOCC/C=C/OCCO.CCCCOCC/C=C/OCCOCCC(=O)OCCO. The molecule has 0 aromatic carbocycles. The van der Waals surface area contributed by atoms with E-state index in [1.165, 1.54) is 6.42 Å². The first-order chi connectivity index (χ1) is 16.7. The van der Waals surface area contributed by atoms with Crippen LogP contribution in [-0.4, -0.2) is 88.9 Å². The fourth-order valence-corrected chi connectivity index (χ4v) is 2.06. The number of hydrogen-bond donors (Lipinski definition) is 2. The van der Waals surface area contributed by atoms with Gasteiger partial charge in [0.1, 0.15) is 19.8 Å². The predicted molar refractivity (Wildman–Crippen MR) is 131 cm³/mol. The number of aliphatic hydroxyl groups is 2. The molecule has 0 aromatic rings. The van der Waals surface area contributed by atoms with Gasteiger partial charge in [-0.05, 0) is 37.8 Å². The fraction of sp³-hybridized carbons (Fsp3) is 0.800. The van der Waals surface area contributed by atoms with Crippen molar-refractivity contribution in [1.82, 2.24) is 0 Å². The summed E-state index contributed by atoms with van der Waals surface area (Å²) in [6.07, 6.45) is 13.5. The van der Waals surface area contributed by atoms with E-state index in [2.05, 4.69) is 18.6 Å². The molecule has 0 atom stereocenters. The summed E-state index contributed by atoms with van der Waals surface area (Å²) in [6.45, 7) is 8.89. The predicted octanol–water partition coefficient (Wildman–Crippen LogP) is 3.38. The number of esters is 1. The van der Waals surface area contributed by atoms with Gasteiger partial charge in [-0.15, -0.1) is 0 Å². The van der Waals surface area contributed by atoms with E-state index in [4.69, 9.17) is 33.9 Å². The molecule has 0 aromatic heterocycles. The minimum atomic E-state index is -0.368. The van der Waals surface area contributed by atoms with Crippen LogP contribution in [0.3, 0.4) is 0 Å². The number of rotatable bonds is 24. The van der Waals surface area contributed by atoms with Crippen LogP contribution >= 0.6 is 0 Å². The molecule has 0 radical (unpaired) electrons. The highest BCUT2D eigenvalue weighted by atomic mass is 16.5. The molecule has 0 aliphatic carbocycles. The Balaban J connectivity index is 0. The lowest BCUT2D eigenvalue weighted by molar-refractivity contribution is -0.145. The number of aliphatic hydroxyl groups excluding tert-OH is 2. The Labute approximate surface area is 206 Å². The topological polar surface area (TPSA) is 113 Å². The van der Waals surface area contributed by atoms with Crippen LogP contribution in [0.1, 0.15) is 58.8 Å². The summed E-state index contributed by atoms with van der Waals surface area (Å²) in [5.41, 5.74) is 0. The molecule has 0 spiro atoms. The van der Waals surface area contributed by atoms with E-state index in [-0.39, 0.29) is 32.2 Å². The first-order valence-corrected chi connectivity index (χ1v) is 12.4. The third kappa shape index (κ3) is 35.0. The third-order valence-electron chi connectivity index (χ3n) is 3.89. The third-order valence-corrected chi connectivity index (χ3v) is 3.89. The maximum Gasteiger partial charge on any atom is 0.308 e. The van der Waals surface area contributed by atoms with E-state index < -0.39 is 0 Å². The molecule has 0 aliphatic rings. The van der Waals surface area contributed by atoms with E-state index in [1.807, 2.05) is 12.2 Å². The average Bonchev–Trinajstić information content (AvgIpc) is 2.85. The highest BCUT2D eigenvalue weighted by Crippen LogP contribution is 1.93. The molecule has 202 valence electrons. The summed E-state index contributed by atoms with van der Waals surface area (Å²) in [4.78, 5) is 11.0. The Morgan fingerprint density at radius 3 is 1.71 bits per heavy atom. The second-order valence-electron chi connectivity index (χ2n) is 7.02. The number of carbonyl (C=O) groups excluding carboxylic acids is 1. The zero-order valence-corrected chi connectivity index (χ0v) is 21.3. The van der Waals surface area contributed by atoms with Crippen LogP contribution in [0.4, 0.5) is 0 Å². The van der Waals surface area contributed by atoms with Crippen LogP contribution in [0, 0.1) is 0 Å². The van der Waals surface area contributed by atoms with Crippen LogP contribution in [0.15, 0.2) is 24.7 Å². The molecule has 0 saturated heterocycles. The van der Waals surface area contributed by atoms with Crippen LogP contribution in [0.2, 0.25) is 0 Å². The van der Waals surface area contributed by atoms with Crippen LogP contribution in [0.25, 0.3) is 0 Å². The lowest BCUT2D eigenvalue weighted by Gasteiger charge is -2.04. The second-order valence-corrected chi connectivity index (χ2v) is 7.02. The number of hydrogen-bond acceptors (Lipinski definition) is 9. The molecule has 0 amide bonds. The van der Waals surface area contributed by atoms with Gasteiger partial charge >= 0.3 is 5.97 Å². The Kier molecular flexibility index (Phi) is 34.0. The smallest absolute Gasteiger partial charge is 0.308 e. The van der Waals surface area contributed by atoms with Crippen molar-refractivity contribution in [1.29, 1.82) is 0 Å². The molecular formula is C25H48O9. The van der Waals surface area contributed by atoms with E-state index in [0.29, 0.717) is 33.0 Å². The van der Waals surface area contributed by atoms with E-state index in [1.54, 1.807) is 12.5 Å². The highest BCUT2D eigenvalue weighted by molar-refractivity contribution is 5.69. The molecule has 0 aliphatic heterocycles. The maximum absolute atomic E-state index is 11.0. The minimum absolute atomic E-state index is 0.0366. The normalized spacial score (nSPS) is 10.9. The van der Waals surface area contributed by atoms with Gasteiger partial charge in [0.15, 0.2) is 0 Å². The van der Waals surface area contributed by atoms with Crippen molar-refractivity contribution < 1.29 is 43.4 Å². The summed E-state index contributed by atoms with van der Waals surface area (Å²) in [5.74, 6) is -0.368. The van der Waals surface area contributed by atoms with Crippen molar-refractivity contribution in [3.05, 3.63) is 24.7 Å². The van der Waals surface area contributed by atoms with Crippen molar-refractivity contribution in [3.63, 3.8) is 0 Å². The summed E-state index contributed by atoms with van der Waals surface area (Å²) in [7, 11) is 0. The second kappa shape index (κ2) is 33.5. The van der Waals surface area contributed by atoms with Crippen molar-refractivity contribution in [2.45, 2.75) is 58.8 Å². The van der Waals surface area contributed by atoms with E-state index >= 15 is 0 Å². The van der Waals surface area contributed by atoms with E-state index in [0.717, 1.165) is 51.9 Å². The average molecular weight is 493 g/mol. The Morgan fingerprint density at radius 2 is 1.18 bits per heavy atom. The van der Waals surface area contributed by atoms with Crippen LogP contribution < -0.4 is 0 Å². The Morgan fingerprint density at radius 1 is 0.647 bits per heavy atom. The molecular weight excluding hydrogens is 444 g/mol. The molecule has 0 bridgehead atoms. The minimum Gasteiger partial charge on any atom is -0.499 e. The maximum atomic E-state index is 11.0. The number of carbonyl (C=O) groups is 1. The van der Waals surface area contributed by atoms with Gasteiger partial charge in [0, 0.05) is 13.2 Å². The molecule has 0 heterocycles. The molecule has 2 N–H and O–H groups in total.